The molecule has 1 heterocycles. The van der Waals surface area contributed by atoms with E-state index in [9.17, 15) is 4.79 Å². The fraction of sp³-hybridized carbons (Fsp3) is 0.316. The Hall–Kier alpha value is -2.18. The number of anilines is 1. The Labute approximate surface area is 151 Å². The van der Waals surface area contributed by atoms with E-state index in [-0.39, 0.29) is 11.9 Å². The number of amides is 1. The number of nitrogens with one attached hydrogen (secondary N) is 1. The van der Waals surface area contributed by atoms with Gasteiger partial charge < -0.3 is 20.5 Å². The van der Waals surface area contributed by atoms with Crippen molar-refractivity contribution in [1.29, 1.82) is 0 Å². The van der Waals surface area contributed by atoms with Crippen molar-refractivity contribution in [2.24, 2.45) is 5.73 Å². The third kappa shape index (κ3) is 4.90. The molecule has 5 nitrogen and oxygen atoms in total. The van der Waals surface area contributed by atoms with Gasteiger partial charge in [0, 0.05) is 34.4 Å². The van der Waals surface area contributed by atoms with E-state index in [2.05, 4.69) is 5.32 Å². The van der Waals surface area contributed by atoms with Gasteiger partial charge in [0.25, 0.3) is 0 Å². The molecule has 2 aromatic carbocycles. The van der Waals surface area contributed by atoms with Crippen molar-refractivity contribution in [3.63, 3.8) is 0 Å². The molecule has 3 rings (SSSR count). The van der Waals surface area contributed by atoms with E-state index >= 15 is 0 Å². The molecule has 1 amide bonds. The van der Waals surface area contributed by atoms with E-state index in [1.54, 1.807) is 11.8 Å². The first kappa shape index (κ1) is 17.6. The predicted octanol–water partition coefficient (Wildman–Crippen LogP) is 3.67. The van der Waals surface area contributed by atoms with Gasteiger partial charge in [0.15, 0.2) is 11.5 Å². The summed E-state index contributed by atoms with van der Waals surface area (Å²) in [4.78, 5) is 14.3. The number of nitrogens with two attached hydrogens (primary N) is 1. The van der Waals surface area contributed by atoms with Crippen molar-refractivity contribution in [3.05, 3.63) is 42.5 Å². The number of ether oxygens (including phenoxy) is 2. The number of hydrogen-bond acceptors (Lipinski definition) is 5. The Morgan fingerprint density at radius 1 is 1.20 bits per heavy atom. The first-order valence-electron chi connectivity index (χ1n) is 8.34. The first-order valence-corrected chi connectivity index (χ1v) is 9.15. The normalized spacial score (nSPS) is 14.0. The molecule has 25 heavy (non-hydrogen) atoms. The van der Waals surface area contributed by atoms with E-state index < -0.39 is 0 Å². The average molecular weight is 358 g/mol. The second kappa shape index (κ2) is 8.27. The summed E-state index contributed by atoms with van der Waals surface area (Å²) in [5.41, 5.74) is 6.47. The highest BCUT2D eigenvalue weighted by Gasteiger charge is 2.18. The smallest absolute Gasteiger partial charge is 0.224 e. The molecule has 3 N–H and O–H groups in total. The topological polar surface area (TPSA) is 73.6 Å². The Morgan fingerprint density at radius 2 is 1.88 bits per heavy atom. The zero-order chi connectivity index (χ0) is 17.6. The molecular formula is C19H22N2O3S. The quantitative estimate of drug-likeness (QED) is 0.824. The summed E-state index contributed by atoms with van der Waals surface area (Å²) < 4.78 is 11.3. The Morgan fingerprint density at radius 3 is 2.56 bits per heavy atom. The maximum absolute atomic E-state index is 12.2. The Balaban J connectivity index is 1.84. The maximum Gasteiger partial charge on any atom is 0.224 e. The molecule has 0 saturated heterocycles. The lowest BCUT2D eigenvalue weighted by atomic mass is 10.2. The van der Waals surface area contributed by atoms with Crippen molar-refractivity contribution in [2.45, 2.75) is 35.6 Å². The zero-order valence-electron chi connectivity index (χ0n) is 14.2. The summed E-state index contributed by atoms with van der Waals surface area (Å²) >= 11 is 1.58. The SMILES string of the molecule is CC(N)CCC(=O)Nc1cc2c(cc1Sc1ccccc1)OCCO2. The molecule has 1 aliphatic heterocycles. The van der Waals surface area contributed by atoms with Crippen LogP contribution < -0.4 is 20.5 Å². The van der Waals surface area contributed by atoms with Crippen molar-refractivity contribution >= 4 is 23.4 Å². The molecule has 0 fully saturated rings. The second-order valence-corrected chi connectivity index (χ2v) is 7.09. The zero-order valence-corrected chi connectivity index (χ0v) is 15.0. The van der Waals surface area contributed by atoms with Gasteiger partial charge in [-0.05, 0) is 25.5 Å². The van der Waals surface area contributed by atoms with E-state index in [0.717, 1.165) is 15.5 Å². The molecule has 0 spiro atoms. The molecule has 0 aromatic heterocycles. The van der Waals surface area contributed by atoms with Gasteiger partial charge in [-0.15, -0.1) is 0 Å². The highest BCUT2D eigenvalue weighted by molar-refractivity contribution is 7.99. The first-order chi connectivity index (χ1) is 12.1. The minimum atomic E-state index is -0.0520. The van der Waals surface area contributed by atoms with E-state index in [1.165, 1.54) is 0 Å². The van der Waals surface area contributed by atoms with Crippen LogP contribution in [0.4, 0.5) is 5.69 Å². The largest absolute Gasteiger partial charge is 0.486 e. The van der Waals surface area contributed by atoms with Crippen LogP contribution >= 0.6 is 11.8 Å². The van der Waals surface area contributed by atoms with Crippen LogP contribution in [0.3, 0.4) is 0 Å². The van der Waals surface area contributed by atoms with Gasteiger partial charge in [-0.1, -0.05) is 30.0 Å². The van der Waals surface area contributed by atoms with Crippen molar-refractivity contribution in [1.82, 2.24) is 0 Å². The summed E-state index contributed by atoms with van der Waals surface area (Å²) in [5.74, 6) is 1.31. The lowest BCUT2D eigenvalue weighted by Crippen LogP contribution is -2.20. The minimum Gasteiger partial charge on any atom is -0.486 e. The lowest BCUT2D eigenvalue weighted by Gasteiger charge is -2.21. The van der Waals surface area contributed by atoms with Crippen LogP contribution in [0.5, 0.6) is 11.5 Å². The van der Waals surface area contributed by atoms with Gasteiger partial charge >= 0.3 is 0 Å². The molecule has 0 bridgehead atoms. The van der Waals surface area contributed by atoms with Crippen molar-refractivity contribution < 1.29 is 14.3 Å². The third-order valence-electron chi connectivity index (χ3n) is 3.72. The number of benzene rings is 2. The summed E-state index contributed by atoms with van der Waals surface area (Å²) in [6, 6.07) is 13.8. The van der Waals surface area contributed by atoms with Gasteiger partial charge in [-0.3, -0.25) is 4.79 Å². The second-order valence-electron chi connectivity index (χ2n) is 5.97. The van der Waals surface area contributed by atoms with Crippen molar-refractivity contribution in [2.75, 3.05) is 18.5 Å². The number of carbonyl (C=O) groups is 1. The Bertz CT molecular complexity index is 735. The number of carbonyl (C=O) groups excluding carboxylic acids is 1. The predicted molar refractivity (Wildman–Crippen MR) is 99.5 cm³/mol. The number of fused-ring (bicyclic) bond motifs is 1. The third-order valence-corrected chi connectivity index (χ3v) is 4.78. The molecule has 132 valence electrons. The highest BCUT2D eigenvalue weighted by Crippen LogP contribution is 2.42. The van der Waals surface area contributed by atoms with E-state index in [4.69, 9.17) is 15.2 Å². The van der Waals surface area contributed by atoms with Crippen LogP contribution in [-0.4, -0.2) is 25.2 Å². The molecule has 0 saturated carbocycles. The van der Waals surface area contributed by atoms with E-state index in [1.807, 2.05) is 49.4 Å². The fourth-order valence-electron chi connectivity index (χ4n) is 2.44. The molecule has 1 unspecified atom stereocenters. The minimum absolute atomic E-state index is 0.00387. The molecular weight excluding hydrogens is 336 g/mol. The van der Waals surface area contributed by atoms with Gasteiger partial charge in [0.1, 0.15) is 13.2 Å². The van der Waals surface area contributed by atoms with E-state index in [0.29, 0.717) is 37.6 Å². The lowest BCUT2D eigenvalue weighted by molar-refractivity contribution is -0.116. The van der Waals surface area contributed by atoms with Crippen molar-refractivity contribution in [3.8, 4) is 11.5 Å². The van der Waals surface area contributed by atoms with Crippen LogP contribution in [-0.2, 0) is 4.79 Å². The van der Waals surface area contributed by atoms with Gasteiger partial charge in [0.2, 0.25) is 5.91 Å². The van der Waals surface area contributed by atoms with Gasteiger partial charge in [0.05, 0.1) is 5.69 Å². The molecule has 0 aliphatic carbocycles. The maximum atomic E-state index is 12.2. The van der Waals surface area contributed by atoms with Crippen LogP contribution in [0.2, 0.25) is 0 Å². The highest BCUT2D eigenvalue weighted by atomic mass is 32.2. The van der Waals surface area contributed by atoms with Crippen LogP contribution in [0, 0.1) is 0 Å². The number of rotatable bonds is 6. The van der Waals surface area contributed by atoms with Crippen LogP contribution in [0.1, 0.15) is 19.8 Å². The average Bonchev–Trinajstić information content (AvgIpc) is 2.61. The van der Waals surface area contributed by atoms with Gasteiger partial charge in [-0.2, -0.15) is 0 Å². The summed E-state index contributed by atoms with van der Waals surface area (Å²) in [7, 11) is 0. The molecule has 1 aliphatic rings. The molecule has 2 aromatic rings. The van der Waals surface area contributed by atoms with Crippen LogP contribution in [0.25, 0.3) is 0 Å². The Kier molecular flexibility index (Phi) is 5.83. The molecule has 6 heteroatoms. The number of hydrogen-bond donors (Lipinski definition) is 2. The summed E-state index contributed by atoms with van der Waals surface area (Å²) in [6.45, 7) is 2.94. The summed E-state index contributed by atoms with van der Waals surface area (Å²) in [5, 5.41) is 2.99. The van der Waals surface area contributed by atoms with Crippen LogP contribution in [0.15, 0.2) is 52.3 Å². The molecule has 1 atom stereocenters. The fourth-order valence-corrected chi connectivity index (χ4v) is 3.37. The standard InChI is InChI=1S/C19H22N2O3S/c1-13(20)7-8-19(22)21-15-11-16-17(24-10-9-23-16)12-18(15)25-14-5-3-2-4-6-14/h2-6,11-13H,7-10,20H2,1H3,(H,21,22). The van der Waals surface area contributed by atoms with Gasteiger partial charge in [-0.25, -0.2) is 0 Å². The molecule has 0 radical (unpaired) electrons. The monoisotopic (exact) mass is 358 g/mol. The summed E-state index contributed by atoms with van der Waals surface area (Å²) in [6.07, 6.45) is 1.04.